The molecule has 0 fully saturated rings. The van der Waals surface area contributed by atoms with Crippen LogP contribution in [0, 0.1) is 6.92 Å². The van der Waals surface area contributed by atoms with Crippen molar-refractivity contribution in [1.29, 1.82) is 0 Å². The van der Waals surface area contributed by atoms with Gasteiger partial charge in [-0.25, -0.2) is 0 Å². The number of aryl methyl sites for hydroxylation is 1. The molecule has 0 aliphatic carbocycles. The minimum atomic E-state index is -0.486. The Labute approximate surface area is 215 Å². The van der Waals surface area contributed by atoms with Crippen LogP contribution in [0.4, 0.5) is 5.69 Å². The van der Waals surface area contributed by atoms with Gasteiger partial charge in [-0.3, -0.25) is 25.2 Å². The molecule has 0 bridgehead atoms. The molecule has 37 heavy (non-hydrogen) atoms. The van der Waals surface area contributed by atoms with E-state index in [9.17, 15) is 14.4 Å². The maximum Gasteiger partial charge on any atom is 0.269 e. The van der Waals surface area contributed by atoms with Crippen molar-refractivity contribution in [3.63, 3.8) is 0 Å². The quantitative estimate of drug-likeness (QED) is 0.303. The second-order valence-corrected chi connectivity index (χ2v) is 8.42. The zero-order chi connectivity index (χ0) is 26.0. The first-order valence-corrected chi connectivity index (χ1v) is 11.8. The number of ether oxygens (including phenoxy) is 1. The molecule has 0 radical (unpaired) electrons. The van der Waals surface area contributed by atoms with Gasteiger partial charge in [-0.1, -0.05) is 54.1 Å². The summed E-state index contributed by atoms with van der Waals surface area (Å²) in [6.45, 7) is 2.40. The van der Waals surface area contributed by atoms with Crippen LogP contribution in [0.2, 0.25) is 0 Å². The summed E-state index contributed by atoms with van der Waals surface area (Å²) >= 11 is 0. The number of nitrogens with one attached hydrogen (secondary N) is 3. The summed E-state index contributed by atoms with van der Waals surface area (Å²) in [6, 6.07) is 30.4. The molecule has 0 atom stereocenters. The van der Waals surface area contributed by atoms with Crippen molar-refractivity contribution in [2.24, 2.45) is 0 Å². The van der Waals surface area contributed by atoms with Gasteiger partial charge in [0.25, 0.3) is 17.7 Å². The van der Waals surface area contributed by atoms with E-state index in [1.165, 1.54) is 5.56 Å². The first kappa shape index (κ1) is 25.2. The molecular weight excluding hydrogens is 466 g/mol. The van der Waals surface area contributed by atoms with Crippen LogP contribution < -0.4 is 20.9 Å². The Kier molecular flexibility index (Phi) is 8.29. The summed E-state index contributed by atoms with van der Waals surface area (Å²) in [5.74, 6) is -0.623. The Bertz CT molecular complexity index is 1390. The zero-order valence-electron chi connectivity index (χ0n) is 20.4. The Balaban J connectivity index is 1.26. The summed E-state index contributed by atoms with van der Waals surface area (Å²) in [6.07, 6.45) is 0.752. The first-order chi connectivity index (χ1) is 18.0. The Morgan fingerprint density at radius 2 is 1.30 bits per heavy atom. The number of hydrogen-bond donors (Lipinski definition) is 3. The van der Waals surface area contributed by atoms with Gasteiger partial charge in [0.15, 0.2) is 0 Å². The molecule has 0 heterocycles. The Morgan fingerprint density at radius 3 is 2.00 bits per heavy atom. The average molecular weight is 494 g/mol. The lowest BCUT2D eigenvalue weighted by Gasteiger charge is -2.10. The molecular formula is C30H27N3O4. The monoisotopic (exact) mass is 493 g/mol. The molecule has 0 aromatic heterocycles. The third kappa shape index (κ3) is 7.29. The molecule has 7 nitrogen and oxygen atoms in total. The van der Waals surface area contributed by atoms with E-state index in [0.29, 0.717) is 34.7 Å². The average Bonchev–Trinajstić information content (AvgIpc) is 2.92. The first-order valence-electron chi connectivity index (χ1n) is 11.8. The number of amides is 3. The summed E-state index contributed by atoms with van der Waals surface area (Å²) in [5, 5.41) is 2.80. The zero-order valence-corrected chi connectivity index (χ0v) is 20.4. The molecule has 186 valence electrons. The van der Waals surface area contributed by atoms with Crippen molar-refractivity contribution < 1.29 is 19.1 Å². The topological polar surface area (TPSA) is 96.5 Å². The van der Waals surface area contributed by atoms with Crippen LogP contribution in [0.25, 0.3) is 0 Å². The van der Waals surface area contributed by atoms with E-state index in [1.54, 1.807) is 60.7 Å². The minimum Gasteiger partial charge on any atom is -0.493 e. The number of benzene rings is 4. The van der Waals surface area contributed by atoms with E-state index in [2.05, 4.69) is 16.2 Å². The second-order valence-electron chi connectivity index (χ2n) is 8.42. The predicted octanol–water partition coefficient (Wildman–Crippen LogP) is 4.94. The van der Waals surface area contributed by atoms with Gasteiger partial charge in [0, 0.05) is 28.8 Å². The maximum absolute atomic E-state index is 12.5. The molecule has 7 heteroatoms. The van der Waals surface area contributed by atoms with Crippen LogP contribution in [0.15, 0.2) is 103 Å². The molecule has 4 rings (SSSR count). The van der Waals surface area contributed by atoms with Crippen LogP contribution in [-0.4, -0.2) is 24.3 Å². The summed E-state index contributed by atoms with van der Waals surface area (Å²) < 4.78 is 5.77. The molecule has 0 unspecified atom stereocenters. The van der Waals surface area contributed by atoms with E-state index < -0.39 is 11.8 Å². The number of anilines is 1. The summed E-state index contributed by atoms with van der Waals surface area (Å²) in [7, 11) is 0. The van der Waals surface area contributed by atoms with Crippen LogP contribution >= 0.6 is 0 Å². The van der Waals surface area contributed by atoms with E-state index in [1.807, 2.05) is 49.4 Å². The lowest BCUT2D eigenvalue weighted by Crippen LogP contribution is -2.41. The van der Waals surface area contributed by atoms with E-state index in [4.69, 9.17) is 4.74 Å². The van der Waals surface area contributed by atoms with Gasteiger partial charge in [0.05, 0.1) is 6.61 Å². The highest BCUT2D eigenvalue weighted by Gasteiger charge is 2.11. The Hall–Kier alpha value is -4.91. The van der Waals surface area contributed by atoms with Crippen LogP contribution in [0.3, 0.4) is 0 Å². The van der Waals surface area contributed by atoms with Crippen molar-refractivity contribution in [1.82, 2.24) is 10.9 Å². The van der Waals surface area contributed by atoms with Gasteiger partial charge >= 0.3 is 0 Å². The van der Waals surface area contributed by atoms with E-state index in [-0.39, 0.29) is 5.91 Å². The molecule has 3 N–H and O–H groups in total. The van der Waals surface area contributed by atoms with Crippen molar-refractivity contribution in [2.75, 3.05) is 11.9 Å². The Morgan fingerprint density at radius 1 is 0.649 bits per heavy atom. The highest BCUT2D eigenvalue weighted by Crippen LogP contribution is 2.15. The molecule has 3 amide bonds. The molecule has 0 aliphatic rings. The van der Waals surface area contributed by atoms with Gasteiger partial charge in [-0.2, -0.15) is 0 Å². The van der Waals surface area contributed by atoms with Gasteiger partial charge in [0.1, 0.15) is 5.75 Å². The lowest BCUT2D eigenvalue weighted by molar-refractivity contribution is 0.0846. The van der Waals surface area contributed by atoms with Crippen LogP contribution in [-0.2, 0) is 6.42 Å². The SMILES string of the molecule is Cc1cccc(C(=O)Nc2ccc(C(=O)NNC(=O)c3cccc(OCCc4ccccc4)c3)cc2)c1. The standard InChI is InChI=1S/C30H27N3O4/c1-21-7-5-10-24(19-21)28(34)31-26-15-13-23(14-16-26)29(35)32-33-30(36)25-11-6-12-27(20-25)37-18-17-22-8-3-2-4-9-22/h2-16,19-20H,17-18H2,1H3,(H,31,34)(H,32,35)(H,33,36). The second kappa shape index (κ2) is 12.2. The highest BCUT2D eigenvalue weighted by molar-refractivity contribution is 6.05. The van der Waals surface area contributed by atoms with Crippen LogP contribution in [0.5, 0.6) is 5.75 Å². The molecule has 0 spiro atoms. The predicted molar refractivity (Wildman–Crippen MR) is 143 cm³/mol. The van der Waals surface area contributed by atoms with Crippen LogP contribution in [0.1, 0.15) is 42.2 Å². The van der Waals surface area contributed by atoms with Crippen molar-refractivity contribution >= 4 is 23.4 Å². The maximum atomic E-state index is 12.5. The fourth-order valence-corrected chi connectivity index (χ4v) is 3.61. The smallest absolute Gasteiger partial charge is 0.269 e. The van der Waals surface area contributed by atoms with Gasteiger partial charge in [-0.05, 0) is 67.1 Å². The molecule has 0 saturated heterocycles. The molecule has 0 aliphatic heterocycles. The molecule has 0 saturated carbocycles. The van der Waals surface area contributed by atoms with E-state index in [0.717, 1.165) is 12.0 Å². The summed E-state index contributed by atoms with van der Waals surface area (Å²) in [5.41, 5.74) is 8.76. The van der Waals surface area contributed by atoms with Gasteiger partial charge < -0.3 is 10.1 Å². The highest BCUT2D eigenvalue weighted by atomic mass is 16.5. The fraction of sp³-hybridized carbons (Fsp3) is 0.100. The number of hydrazine groups is 1. The third-order valence-electron chi connectivity index (χ3n) is 5.57. The van der Waals surface area contributed by atoms with Gasteiger partial charge in [-0.15, -0.1) is 0 Å². The number of carbonyl (C=O) groups excluding carboxylic acids is 3. The van der Waals surface area contributed by atoms with Gasteiger partial charge in [0.2, 0.25) is 0 Å². The van der Waals surface area contributed by atoms with Crippen molar-refractivity contribution in [2.45, 2.75) is 13.3 Å². The third-order valence-corrected chi connectivity index (χ3v) is 5.57. The number of carbonyl (C=O) groups is 3. The minimum absolute atomic E-state index is 0.237. The number of rotatable bonds is 8. The van der Waals surface area contributed by atoms with E-state index >= 15 is 0 Å². The largest absolute Gasteiger partial charge is 0.493 e. The summed E-state index contributed by atoms with van der Waals surface area (Å²) in [4.78, 5) is 37.4. The molecule has 4 aromatic carbocycles. The normalized spacial score (nSPS) is 10.3. The molecule has 4 aromatic rings. The van der Waals surface area contributed by atoms with Crippen molar-refractivity contribution in [3.8, 4) is 5.75 Å². The fourth-order valence-electron chi connectivity index (χ4n) is 3.61. The number of hydrogen-bond acceptors (Lipinski definition) is 4. The lowest BCUT2D eigenvalue weighted by atomic mass is 10.1. The van der Waals surface area contributed by atoms with Crippen molar-refractivity contribution in [3.05, 3.63) is 131 Å².